The molecule has 270 valence electrons. The minimum absolute atomic E-state index is 0.241. The van der Waals surface area contributed by atoms with Crippen LogP contribution >= 0.6 is 11.3 Å². The largest absolute Gasteiger partial charge is 0.456 e. The Bertz CT molecular complexity index is 3360. The average molecular weight is 750 g/mol. The number of nitrogens with two attached hydrogens (primary N) is 1. The van der Waals surface area contributed by atoms with Gasteiger partial charge in [-0.1, -0.05) is 146 Å². The van der Waals surface area contributed by atoms with Crippen LogP contribution in [0.2, 0.25) is 0 Å². The first-order valence-electron chi connectivity index (χ1n) is 19.3. The van der Waals surface area contributed by atoms with Gasteiger partial charge >= 0.3 is 0 Å². The van der Waals surface area contributed by atoms with E-state index >= 15 is 0 Å². The van der Waals surface area contributed by atoms with Crippen molar-refractivity contribution in [3.8, 4) is 11.1 Å². The zero-order valence-corrected chi connectivity index (χ0v) is 31.7. The fraction of sp³-hybridized carbons (Fsp3) is 0.0385. The average Bonchev–Trinajstić information content (AvgIpc) is 3.85. The van der Waals surface area contributed by atoms with Crippen molar-refractivity contribution < 1.29 is 4.42 Å². The summed E-state index contributed by atoms with van der Waals surface area (Å²) < 4.78 is 9.21. The Morgan fingerprint density at radius 2 is 1.33 bits per heavy atom. The van der Waals surface area contributed by atoms with Crippen LogP contribution in [0.25, 0.3) is 74.8 Å². The number of nitrogens with zero attached hydrogens (tertiary/aromatic N) is 2. The van der Waals surface area contributed by atoms with E-state index in [9.17, 15) is 0 Å². The van der Waals surface area contributed by atoms with Gasteiger partial charge in [0.15, 0.2) is 5.84 Å². The van der Waals surface area contributed by atoms with E-state index < -0.39 is 0 Å². The van der Waals surface area contributed by atoms with Crippen LogP contribution < -0.4 is 5.84 Å². The Balaban J connectivity index is 1.11. The van der Waals surface area contributed by atoms with E-state index in [0.29, 0.717) is 5.84 Å². The number of hydrogen-bond donors (Lipinski definition) is 1. The van der Waals surface area contributed by atoms with E-state index in [1.54, 1.807) is 0 Å². The molecule has 5 heteroatoms. The zero-order valence-electron chi connectivity index (χ0n) is 30.9. The lowest BCUT2D eigenvalue weighted by molar-refractivity contribution is 0.669. The highest BCUT2D eigenvalue weighted by Gasteiger charge is 2.23. The van der Waals surface area contributed by atoms with Crippen molar-refractivity contribution in [2.24, 2.45) is 15.9 Å². The lowest BCUT2D eigenvalue weighted by Crippen LogP contribution is -2.12. The summed E-state index contributed by atoms with van der Waals surface area (Å²) in [6, 6.07) is 58.2. The van der Waals surface area contributed by atoms with Gasteiger partial charge in [-0.3, -0.25) is 0 Å². The quantitative estimate of drug-likeness (QED) is 0.0824. The van der Waals surface area contributed by atoms with E-state index in [1.165, 1.54) is 36.5 Å². The van der Waals surface area contributed by atoms with E-state index in [2.05, 4.69) is 175 Å². The van der Waals surface area contributed by atoms with Gasteiger partial charge < -0.3 is 10.3 Å². The van der Waals surface area contributed by atoms with Crippen molar-refractivity contribution in [2.75, 3.05) is 0 Å². The van der Waals surface area contributed by atoms with Gasteiger partial charge in [-0.05, 0) is 81.1 Å². The van der Waals surface area contributed by atoms with Crippen molar-refractivity contribution in [3.63, 3.8) is 0 Å². The second kappa shape index (κ2) is 13.6. The van der Waals surface area contributed by atoms with Crippen LogP contribution in [0.5, 0.6) is 0 Å². The highest BCUT2D eigenvalue weighted by molar-refractivity contribution is 7.25. The van der Waals surface area contributed by atoms with E-state index in [-0.39, 0.29) is 5.92 Å². The molecule has 0 saturated carbocycles. The van der Waals surface area contributed by atoms with Gasteiger partial charge in [0.2, 0.25) is 0 Å². The van der Waals surface area contributed by atoms with Crippen LogP contribution in [0, 0.1) is 0 Å². The molecule has 0 fully saturated rings. The lowest BCUT2D eigenvalue weighted by Gasteiger charge is -2.18. The third-order valence-electron chi connectivity index (χ3n) is 11.4. The Morgan fingerprint density at radius 1 is 0.614 bits per heavy atom. The number of fused-ring (bicyclic) bond motifs is 8. The van der Waals surface area contributed by atoms with Gasteiger partial charge in [-0.2, -0.15) is 5.10 Å². The summed E-state index contributed by atoms with van der Waals surface area (Å²) in [5.74, 6) is 7.02. The third kappa shape index (κ3) is 5.74. The minimum Gasteiger partial charge on any atom is -0.456 e. The number of hydrogen-bond acceptors (Lipinski definition) is 4. The first-order valence-corrected chi connectivity index (χ1v) is 20.1. The molecule has 0 amide bonds. The molecule has 10 aromatic rings. The van der Waals surface area contributed by atoms with Crippen LogP contribution in [-0.4, -0.2) is 11.5 Å². The number of hydrazone groups is 1. The van der Waals surface area contributed by atoms with Crippen LogP contribution in [0.3, 0.4) is 0 Å². The molecule has 1 atom stereocenters. The van der Waals surface area contributed by atoms with Gasteiger partial charge in [-0.15, -0.1) is 11.3 Å². The maximum atomic E-state index is 6.69. The molecule has 0 saturated heterocycles. The summed E-state index contributed by atoms with van der Waals surface area (Å²) in [4.78, 5) is 5.46. The fourth-order valence-electron chi connectivity index (χ4n) is 8.57. The Hall–Kier alpha value is -7.08. The van der Waals surface area contributed by atoms with E-state index in [1.807, 2.05) is 23.5 Å². The summed E-state index contributed by atoms with van der Waals surface area (Å²) in [6.07, 6.45) is 7.41. The summed E-state index contributed by atoms with van der Waals surface area (Å²) in [5.41, 5.74) is 8.71. The lowest BCUT2D eigenvalue weighted by atomic mass is 9.88. The van der Waals surface area contributed by atoms with Crippen molar-refractivity contribution in [3.05, 3.63) is 204 Å². The molecule has 0 spiro atoms. The number of aliphatic imine (C=N–C) groups is 1. The van der Waals surface area contributed by atoms with Crippen LogP contribution in [0.4, 0.5) is 0 Å². The highest BCUT2D eigenvalue weighted by atomic mass is 32.1. The molecule has 1 aliphatic rings. The molecule has 2 aromatic heterocycles. The first-order chi connectivity index (χ1) is 28.2. The number of rotatable bonds is 5. The maximum Gasteiger partial charge on any atom is 0.178 e. The number of furan rings is 1. The topological polar surface area (TPSA) is 63.9 Å². The van der Waals surface area contributed by atoms with Gasteiger partial charge in [0.05, 0.1) is 5.71 Å². The Kier molecular flexibility index (Phi) is 7.93. The monoisotopic (exact) mass is 749 g/mol. The van der Waals surface area contributed by atoms with Crippen molar-refractivity contribution in [1.82, 2.24) is 0 Å². The van der Waals surface area contributed by atoms with Crippen LogP contribution in [0.1, 0.15) is 29.0 Å². The second-order valence-corrected chi connectivity index (χ2v) is 15.8. The molecule has 0 bridgehead atoms. The van der Waals surface area contributed by atoms with Gasteiger partial charge in [-0.25, -0.2) is 4.99 Å². The summed E-state index contributed by atoms with van der Waals surface area (Å²) in [6.45, 7) is 0. The number of para-hydroxylation sites is 1. The predicted molar refractivity (Wildman–Crippen MR) is 242 cm³/mol. The van der Waals surface area contributed by atoms with Crippen molar-refractivity contribution in [2.45, 2.75) is 12.3 Å². The van der Waals surface area contributed by atoms with Crippen LogP contribution in [0.15, 0.2) is 202 Å². The molecule has 1 unspecified atom stereocenters. The third-order valence-corrected chi connectivity index (χ3v) is 12.5. The van der Waals surface area contributed by atoms with Gasteiger partial charge in [0.1, 0.15) is 11.2 Å². The molecule has 0 radical (unpaired) electrons. The van der Waals surface area contributed by atoms with Gasteiger partial charge in [0.25, 0.3) is 0 Å². The zero-order chi connectivity index (χ0) is 37.9. The summed E-state index contributed by atoms with van der Waals surface area (Å²) >= 11 is 1.82. The fourth-order valence-corrected chi connectivity index (χ4v) is 9.71. The Morgan fingerprint density at radius 3 is 2.14 bits per heavy atom. The van der Waals surface area contributed by atoms with Gasteiger partial charge in [0, 0.05) is 53.6 Å². The van der Waals surface area contributed by atoms with Crippen molar-refractivity contribution in [1.29, 1.82) is 0 Å². The summed E-state index contributed by atoms with van der Waals surface area (Å²) in [5, 5.41) is 13.7. The molecule has 4 nitrogen and oxygen atoms in total. The maximum absolute atomic E-state index is 6.69. The molecular formula is C52H35N3OS. The number of allylic oxidation sites excluding steroid dienone is 2. The predicted octanol–water partition coefficient (Wildman–Crippen LogP) is 13.7. The molecule has 0 aliphatic heterocycles. The number of amidine groups is 1. The molecule has 8 aromatic carbocycles. The molecule has 57 heavy (non-hydrogen) atoms. The number of thiophene rings is 1. The second-order valence-electron chi connectivity index (χ2n) is 14.7. The molecule has 11 rings (SSSR count). The minimum atomic E-state index is 0.241. The molecule has 1 aliphatic carbocycles. The molecule has 2 N–H and O–H groups in total. The summed E-state index contributed by atoms with van der Waals surface area (Å²) in [7, 11) is 0. The highest BCUT2D eigenvalue weighted by Crippen LogP contribution is 2.43. The van der Waals surface area contributed by atoms with Crippen LogP contribution in [-0.2, 0) is 0 Å². The Labute approximate surface area is 333 Å². The normalized spacial score (nSPS) is 15.1. The van der Waals surface area contributed by atoms with E-state index in [0.717, 1.165) is 72.7 Å². The SMILES string of the molecule is N/N=C(\N=C(\c1ccc2ccccc2c1)c1cc(-c2cccc3sc4ccccc4c23)cc2oc3ccccc3c12)C1=CCC(c2ccc3ccccc3c2)C=C1. The van der Waals surface area contributed by atoms with Crippen molar-refractivity contribution >= 4 is 86.5 Å². The molecular weight excluding hydrogens is 715 g/mol. The van der Waals surface area contributed by atoms with E-state index in [4.69, 9.17) is 15.3 Å². The standard InChI is InChI=1S/C52H35N3OS/c53-55-52(35-24-20-34(21-25-35)38-26-22-32-10-1-3-12-36(32)28-38)54-51(39-27-23-33-11-2-4-13-37(33)29-39)44-30-40(31-46-49(44)42-14-5-7-17-45(42)56-46)41-16-9-19-48-50(41)43-15-6-8-18-47(43)57-48/h1-20,22-31,34H,21,53H2/b54-51-,55-52-. The number of benzene rings is 8. The smallest absolute Gasteiger partial charge is 0.178 e. The first kappa shape index (κ1) is 33.3. The molecule has 2 heterocycles.